The number of hydrogen-bond donors (Lipinski definition) is 1. The van der Waals surface area contributed by atoms with Gasteiger partial charge in [0.1, 0.15) is 5.82 Å². The average Bonchev–Trinajstić information content (AvgIpc) is 3.28. The number of nitro benzene ring substituents is 2. The lowest BCUT2D eigenvalue weighted by Gasteiger charge is -2.25. The molecule has 0 unspecified atom stereocenters. The highest BCUT2D eigenvalue weighted by Gasteiger charge is 2.35. The van der Waals surface area contributed by atoms with Gasteiger partial charge < -0.3 is 9.84 Å². The van der Waals surface area contributed by atoms with E-state index in [1.165, 1.54) is 34.9 Å². The number of nitrogens with zero attached hydrogens (tertiary/aromatic N) is 4. The van der Waals surface area contributed by atoms with E-state index >= 15 is 0 Å². The highest BCUT2D eigenvalue weighted by Crippen LogP contribution is 2.37. The fourth-order valence-electron chi connectivity index (χ4n) is 4.54. The molecule has 1 aromatic heterocycles. The topological polar surface area (TPSA) is 167 Å². The number of fused-ring (bicyclic) bond motifs is 1. The summed E-state index contributed by atoms with van der Waals surface area (Å²) in [6.45, 7) is 1.65. The highest BCUT2D eigenvalue weighted by atomic mass is 32.1. The van der Waals surface area contributed by atoms with E-state index < -0.39 is 50.4 Å². The van der Waals surface area contributed by atoms with Gasteiger partial charge >= 0.3 is 17.3 Å². The van der Waals surface area contributed by atoms with E-state index in [9.17, 15) is 39.3 Å². The number of ether oxygens (including phenoxy) is 1. The van der Waals surface area contributed by atoms with Gasteiger partial charge in [-0.05, 0) is 36.3 Å². The second-order valence-electron chi connectivity index (χ2n) is 8.91. The Morgan fingerprint density at radius 2 is 1.71 bits per heavy atom. The van der Waals surface area contributed by atoms with Crippen LogP contribution in [0.3, 0.4) is 0 Å². The molecule has 0 fully saturated rings. The Morgan fingerprint density at radius 1 is 1.10 bits per heavy atom. The average molecular weight is 591 g/mol. The van der Waals surface area contributed by atoms with Crippen LogP contribution in [0.2, 0.25) is 0 Å². The Hall–Kier alpha value is -5.50. The largest absolute Gasteiger partial charge is 0.497 e. The summed E-state index contributed by atoms with van der Waals surface area (Å²) in [6, 6.07) is 14.6. The summed E-state index contributed by atoms with van der Waals surface area (Å²) in [5.74, 6) is -2.40. The standard InChI is InChI=1S/C28H19FN4O8S/c1-2-41-27(36)22-23(16-6-4-3-5-7-16)30-28-31(24(22)17-8-10-18(29)11-9-17)26(35)21(42-28)14-15-12-19(32(37)38)25(34)20(13-15)33(39)40/h3-14,24,34H,2H2,1H3/b21-14-/t24-/m0/s1. The molecule has 4 aromatic rings. The summed E-state index contributed by atoms with van der Waals surface area (Å²) >= 11 is 0.882. The van der Waals surface area contributed by atoms with Crippen LogP contribution in [0.1, 0.15) is 29.7 Å². The first-order valence-electron chi connectivity index (χ1n) is 12.3. The van der Waals surface area contributed by atoms with Crippen LogP contribution in [0, 0.1) is 26.0 Å². The van der Waals surface area contributed by atoms with Gasteiger partial charge in [-0.2, -0.15) is 0 Å². The second kappa shape index (κ2) is 11.2. The van der Waals surface area contributed by atoms with Gasteiger partial charge in [0.15, 0.2) is 4.80 Å². The first-order chi connectivity index (χ1) is 20.1. The van der Waals surface area contributed by atoms with E-state index in [-0.39, 0.29) is 32.8 Å². The molecule has 2 heterocycles. The van der Waals surface area contributed by atoms with Gasteiger partial charge in [0.2, 0.25) is 0 Å². The Labute approximate surface area is 238 Å². The number of rotatable bonds is 7. The predicted molar refractivity (Wildman–Crippen MR) is 149 cm³/mol. The van der Waals surface area contributed by atoms with E-state index in [1.807, 2.05) is 0 Å². The maximum absolute atomic E-state index is 13.9. The number of halogens is 1. The Morgan fingerprint density at radius 3 is 2.29 bits per heavy atom. The molecule has 0 saturated heterocycles. The molecule has 1 N–H and O–H groups in total. The zero-order valence-electron chi connectivity index (χ0n) is 21.6. The quantitative estimate of drug-likeness (QED) is 0.194. The number of thiazole rings is 1. The molecule has 0 radical (unpaired) electrons. The van der Waals surface area contributed by atoms with Gasteiger partial charge in [-0.25, -0.2) is 14.2 Å². The number of phenols is 1. The van der Waals surface area contributed by atoms with Gasteiger partial charge in [-0.1, -0.05) is 53.8 Å². The third-order valence-corrected chi connectivity index (χ3v) is 7.33. The molecular weight excluding hydrogens is 571 g/mol. The summed E-state index contributed by atoms with van der Waals surface area (Å²) < 4.78 is 20.4. The molecule has 12 nitrogen and oxygen atoms in total. The van der Waals surface area contributed by atoms with Crippen molar-refractivity contribution in [2.45, 2.75) is 13.0 Å². The van der Waals surface area contributed by atoms with Crippen LogP contribution < -0.4 is 14.9 Å². The zero-order valence-corrected chi connectivity index (χ0v) is 22.4. The molecule has 5 rings (SSSR count). The monoisotopic (exact) mass is 590 g/mol. The molecule has 0 bridgehead atoms. The van der Waals surface area contributed by atoms with Crippen molar-refractivity contribution in [2.24, 2.45) is 4.99 Å². The van der Waals surface area contributed by atoms with Crippen molar-refractivity contribution in [1.29, 1.82) is 0 Å². The minimum Gasteiger partial charge on any atom is -0.497 e. The smallest absolute Gasteiger partial charge is 0.338 e. The fourth-order valence-corrected chi connectivity index (χ4v) is 5.54. The van der Waals surface area contributed by atoms with Crippen LogP contribution in [0.25, 0.3) is 11.8 Å². The van der Waals surface area contributed by atoms with Gasteiger partial charge in [-0.3, -0.25) is 29.6 Å². The molecule has 1 aliphatic heterocycles. The molecular formula is C28H19FN4O8S. The number of hydrogen-bond acceptors (Lipinski definition) is 10. The summed E-state index contributed by atoms with van der Waals surface area (Å²) in [5.41, 5.74) is -1.40. The van der Waals surface area contributed by atoms with Crippen LogP contribution in [0.15, 0.2) is 82.1 Å². The Bertz CT molecular complexity index is 1930. The lowest BCUT2D eigenvalue weighted by atomic mass is 9.93. The van der Waals surface area contributed by atoms with E-state index in [1.54, 1.807) is 37.3 Å². The molecule has 42 heavy (non-hydrogen) atoms. The molecule has 0 spiro atoms. The van der Waals surface area contributed by atoms with E-state index in [0.717, 1.165) is 23.5 Å². The minimum atomic E-state index is -1.12. The number of esters is 1. The van der Waals surface area contributed by atoms with Crippen molar-refractivity contribution in [3.05, 3.63) is 135 Å². The van der Waals surface area contributed by atoms with Crippen LogP contribution in [-0.4, -0.2) is 32.1 Å². The van der Waals surface area contributed by atoms with Gasteiger partial charge in [0.25, 0.3) is 11.3 Å². The van der Waals surface area contributed by atoms with Crippen molar-refractivity contribution in [3.63, 3.8) is 0 Å². The molecule has 3 aromatic carbocycles. The number of benzene rings is 3. The predicted octanol–water partition coefficient (Wildman–Crippen LogP) is 3.60. The molecule has 0 amide bonds. The van der Waals surface area contributed by atoms with Crippen molar-refractivity contribution < 1.29 is 28.9 Å². The molecule has 14 heteroatoms. The first-order valence-corrected chi connectivity index (χ1v) is 13.1. The maximum Gasteiger partial charge on any atom is 0.338 e. The number of aromatic hydroxyl groups is 1. The van der Waals surface area contributed by atoms with Crippen LogP contribution >= 0.6 is 11.3 Å². The van der Waals surface area contributed by atoms with E-state index in [4.69, 9.17) is 4.74 Å². The third kappa shape index (κ3) is 5.06. The highest BCUT2D eigenvalue weighted by molar-refractivity contribution is 7.07. The van der Waals surface area contributed by atoms with Crippen molar-refractivity contribution in [3.8, 4) is 5.75 Å². The molecule has 1 atom stereocenters. The van der Waals surface area contributed by atoms with Crippen LogP contribution in [0.4, 0.5) is 15.8 Å². The Kier molecular flexibility index (Phi) is 7.46. The van der Waals surface area contributed by atoms with Crippen molar-refractivity contribution >= 4 is 40.5 Å². The molecule has 1 aliphatic rings. The SMILES string of the molecule is CCOC(=O)C1=C(c2ccccc2)N=c2s/c(=C\c3cc([N+](=O)[O-])c(O)c([N+](=O)[O-])c3)c(=O)n2[C@H]1c1ccc(F)cc1. The van der Waals surface area contributed by atoms with Gasteiger partial charge in [0.05, 0.1) is 38.3 Å². The number of carbonyl (C=O) groups excluding carboxylic acids is 1. The van der Waals surface area contributed by atoms with E-state index in [0.29, 0.717) is 11.1 Å². The number of aromatic nitrogens is 1. The second-order valence-corrected chi connectivity index (χ2v) is 9.91. The van der Waals surface area contributed by atoms with Crippen molar-refractivity contribution in [1.82, 2.24) is 4.57 Å². The number of nitro groups is 2. The molecule has 212 valence electrons. The van der Waals surface area contributed by atoms with E-state index in [2.05, 4.69) is 4.99 Å². The van der Waals surface area contributed by atoms with Crippen LogP contribution in [-0.2, 0) is 9.53 Å². The van der Waals surface area contributed by atoms with Gasteiger partial charge in [0, 0.05) is 17.7 Å². The lowest BCUT2D eigenvalue weighted by molar-refractivity contribution is -0.396. The normalized spacial score (nSPS) is 14.7. The van der Waals surface area contributed by atoms with Crippen molar-refractivity contribution in [2.75, 3.05) is 6.61 Å². The van der Waals surface area contributed by atoms with Crippen LogP contribution in [0.5, 0.6) is 5.75 Å². The summed E-state index contributed by atoms with van der Waals surface area (Å²) in [5, 5.41) is 32.9. The lowest BCUT2D eigenvalue weighted by Crippen LogP contribution is -2.40. The Balaban J connectivity index is 1.83. The summed E-state index contributed by atoms with van der Waals surface area (Å²) in [4.78, 5) is 52.9. The number of phenolic OH excluding ortho intramolecular Hbond substituents is 1. The zero-order chi connectivity index (χ0) is 30.1. The van der Waals surface area contributed by atoms with Gasteiger partial charge in [-0.15, -0.1) is 0 Å². The fraction of sp³-hybridized carbons (Fsp3) is 0.107. The summed E-state index contributed by atoms with van der Waals surface area (Å²) in [7, 11) is 0. The first kappa shape index (κ1) is 28.0. The summed E-state index contributed by atoms with van der Waals surface area (Å²) in [6.07, 6.45) is 1.20. The molecule has 0 saturated carbocycles. The maximum atomic E-state index is 13.9. The third-order valence-electron chi connectivity index (χ3n) is 6.34. The minimum absolute atomic E-state index is 0.0207. The molecule has 0 aliphatic carbocycles. The number of carbonyl (C=O) groups is 1.